The second-order valence-electron chi connectivity index (χ2n) is 3.99. The lowest BCUT2D eigenvalue weighted by Crippen LogP contribution is -2.11. The minimum atomic E-state index is -0.193. The van der Waals surface area contributed by atoms with Crippen molar-refractivity contribution in [2.45, 2.75) is 9.92 Å². The Hall–Kier alpha value is -2.25. The third kappa shape index (κ3) is 3.65. The summed E-state index contributed by atoms with van der Waals surface area (Å²) in [5.74, 6) is -0.193. The molecule has 5 nitrogen and oxygen atoms in total. The topological polar surface area (TPSA) is 67.8 Å². The SMILES string of the molecule is O=C(Nc1nncs1)c1ccc(Sc2ccccn2)cc1. The van der Waals surface area contributed by atoms with E-state index in [2.05, 4.69) is 20.5 Å². The highest BCUT2D eigenvalue weighted by Crippen LogP contribution is 2.25. The Bertz CT molecular complexity index is 714. The van der Waals surface area contributed by atoms with Gasteiger partial charge in [0.2, 0.25) is 5.13 Å². The van der Waals surface area contributed by atoms with Gasteiger partial charge in [0.1, 0.15) is 10.5 Å². The summed E-state index contributed by atoms with van der Waals surface area (Å²) in [4.78, 5) is 17.3. The van der Waals surface area contributed by atoms with Crippen LogP contribution in [0.25, 0.3) is 0 Å². The van der Waals surface area contributed by atoms with E-state index in [4.69, 9.17) is 0 Å². The van der Waals surface area contributed by atoms with Crippen LogP contribution in [0.4, 0.5) is 5.13 Å². The molecule has 0 aliphatic heterocycles. The standard InChI is InChI=1S/C14H10N4OS2/c19-13(17-14-18-16-9-20-14)10-4-6-11(7-5-10)21-12-3-1-2-8-15-12/h1-9H,(H,17,18,19). The maximum Gasteiger partial charge on any atom is 0.257 e. The Morgan fingerprint density at radius 2 is 2.00 bits per heavy atom. The number of carbonyl (C=O) groups is 1. The van der Waals surface area contributed by atoms with Crippen molar-refractivity contribution >= 4 is 34.1 Å². The summed E-state index contributed by atoms with van der Waals surface area (Å²) in [6.07, 6.45) is 1.76. The molecule has 3 rings (SSSR count). The molecule has 0 unspecified atom stereocenters. The predicted molar refractivity (Wildman–Crippen MR) is 82.7 cm³/mol. The normalized spacial score (nSPS) is 10.3. The van der Waals surface area contributed by atoms with Gasteiger partial charge in [-0.2, -0.15) is 0 Å². The molecule has 1 N–H and O–H groups in total. The van der Waals surface area contributed by atoms with E-state index in [0.717, 1.165) is 9.92 Å². The summed E-state index contributed by atoms with van der Waals surface area (Å²) in [6, 6.07) is 13.1. The molecular formula is C14H10N4OS2. The molecule has 104 valence electrons. The van der Waals surface area contributed by atoms with Gasteiger partial charge in [0, 0.05) is 16.7 Å². The second-order valence-corrected chi connectivity index (χ2v) is 5.92. The number of amides is 1. The highest BCUT2D eigenvalue weighted by molar-refractivity contribution is 7.99. The van der Waals surface area contributed by atoms with Gasteiger partial charge in [0.25, 0.3) is 5.91 Å². The van der Waals surface area contributed by atoms with Gasteiger partial charge in [-0.25, -0.2) is 4.98 Å². The average Bonchev–Trinajstić information content (AvgIpc) is 3.02. The van der Waals surface area contributed by atoms with E-state index in [1.54, 1.807) is 35.6 Å². The van der Waals surface area contributed by atoms with Gasteiger partial charge in [-0.3, -0.25) is 10.1 Å². The van der Waals surface area contributed by atoms with Crippen molar-refractivity contribution in [3.8, 4) is 0 Å². The third-order valence-corrected chi connectivity index (χ3v) is 4.12. The van der Waals surface area contributed by atoms with Crippen molar-refractivity contribution in [1.29, 1.82) is 0 Å². The van der Waals surface area contributed by atoms with Crippen LogP contribution in [0.15, 0.2) is 64.1 Å². The summed E-state index contributed by atoms with van der Waals surface area (Å²) in [7, 11) is 0. The van der Waals surface area contributed by atoms with Gasteiger partial charge in [-0.1, -0.05) is 29.2 Å². The molecule has 0 aliphatic carbocycles. The Morgan fingerprint density at radius 1 is 1.14 bits per heavy atom. The van der Waals surface area contributed by atoms with Crippen LogP contribution in [0, 0.1) is 0 Å². The number of hydrogen-bond acceptors (Lipinski definition) is 6. The van der Waals surface area contributed by atoms with E-state index in [9.17, 15) is 4.79 Å². The zero-order chi connectivity index (χ0) is 14.5. The first kappa shape index (κ1) is 13.7. The number of rotatable bonds is 4. The summed E-state index contributed by atoms with van der Waals surface area (Å²) in [5, 5.41) is 11.6. The smallest absolute Gasteiger partial charge is 0.257 e. The van der Waals surface area contributed by atoms with Crippen LogP contribution < -0.4 is 5.32 Å². The molecule has 0 spiro atoms. The number of nitrogens with zero attached hydrogens (tertiary/aromatic N) is 3. The first-order chi connectivity index (χ1) is 10.3. The number of hydrogen-bond donors (Lipinski definition) is 1. The Balaban J connectivity index is 1.68. The van der Waals surface area contributed by atoms with Gasteiger partial charge in [-0.05, 0) is 36.4 Å². The van der Waals surface area contributed by atoms with E-state index < -0.39 is 0 Å². The van der Waals surface area contributed by atoms with Gasteiger partial charge >= 0.3 is 0 Å². The fraction of sp³-hybridized carbons (Fsp3) is 0. The Labute approximate surface area is 129 Å². The van der Waals surface area contributed by atoms with Crippen LogP contribution in [-0.2, 0) is 0 Å². The predicted octanol–water partition coefficient (Wildman–Crippen LogP) is 3.34. The molecule has 0 bridgehead atoms. The fourth-order valence-electron chi connectivity index (χ4n) is 1.60. The monoisotopic (exact) mass is 314 g/mol. The number of benzene rings is 1. The van der Waals surface area contributed by atoms with Gasteiger partial charge in [-0.15, -0.1) is 10.2 Å². The highest BCUT2D eigenvalue weighted by Gasteiger charge is 2.08. The van der Waals surface area contributed by atoms with Crippen LogP contribution in [0.2, 0.25) is 0 Å². The number of anilines is 1. The Kier molecular flexibility index (Phi) is 4.23. The molecule has 1 amide bonds. The molecule has 2 heterocycles. The van der Waals surface area contributed by atoms with Crippen molar-refractivity contribution in [2.75, 3.05) is 5.32 Å². The molecule has 0 radical (unpaired) electrons. The first-order valence-electron chi connectivity index (χ1n) is 6.08. The van der Waals surface area contributed by atoms with Crippen LogP contribution >= 0.6 is 23.1 Å². The molecule has 0 saturated carbocycles. The van der Waals surface area contributed by atoms with Crippen molar-refractivity contribution in [3.63, 3.8) is 0 Å². The highest BCUT2D eigenvalue weighted by atomic mass is 32.2. The quantitative estimate of drug-likeness (QED) is 0.800. The van der Waals surface area contributed by atoms with Crippen molar-refractivity contribution in [3.05, 3.63) is 59.7 Å². The van der Waals surface area contributed by atoms with E-state index in [-0.39, 0.29) is 5.91 Å². The fourth-order valence-corrected chi connectivity index (χ4v) is 2.81. The lowest BCUT2D eigenvalue weighted by atomic mass is 10.2. The average molecular weight is 314 g/mol. The first-order valence-corrected chi connectivity index (χ1v) is 7.77. The zero-order valence-corrected chi connectivity index (χ0v) is 12.4. The summed E-state index contributed by atoms with van der Waals surface area (Å²) < 4.78 is 0. The van der Waals surface area contributed by atoms with Gasteiger partial charge in [0.15, 0.2) is 0 Å². The lowest BCUT2D eigenvalue weighted by molar-refractivity contribution is 0.102. The van der Waals surface area contributed by atoms with Crippen LogP contribution in [0.1, 0.15) is 10.4 Å². The second kappa shape index (κ2) is 6.47. The van der Waals surface area contributed by atoms with Gasteiger partial charge in [0.05, 0.1) is 0 Å². The number of carbonyl (C=O) groups excluding carboxylic acids is 1. The minimum Gasteiger partial charge on any atom is -0.296 e. The van der Waals surface area contributed by atoms with Crippen LogP contribution in [0.3, 0.4) is 0 Å². The zero-order valence-electron chi connectivity index (χ0n) is 10.8. The van der Waals surface area contributed by atoms with E-state index in [1.165, 1.54) is 11.3 Å². The molecule has 0 aliphatic rings. The molecule has 21 heavy (non-hydrogen) atoms. The van der Waals surface area contributed by atoms with E-state index in [1.807, 2.05) is 30.3 Å². The number of pyridine rings is 1. The maximum absolute atomic E-state index is 12.0. The van der Waals surface area contributed by atoms with Crippen LogP contribution in [-0.4, -0.2) is 21.1 Å². The number of nitrogens with one attached hydrogen (secondary N) is 1. The lowest BCUT2D eigenvalue weighted by Gasteiger charge is -2.03. The minimum absolute atomic E-state index is 0.193. The van der Waals surface area contributed by atoms with E-state index >= 15 is 0 Å². The largest absolute Gasteiger partial charge is 0.296 e. The molecule has 0 saturated heterocycles. The summed E-state index contributed by atoms with van der Waals surface area (Å²) >= 11 is 2.83. The number of aromatic nitrogens is 3. The molecular weight excluding hydrogens is 304 g/mol. The summed E-state index contributed by atoms with van der Waals surface area (Å²) in [5.41, 5.74) is 2.15. The van der Waals surface area contributed by atoms with Gasteiger partial charge < -0.3 is 0 Å². The molecule has 7 heteroatoms. The van der Waals surface area contributed by atoms with Crippen molar-refractivity contribution in [1.82, 2.24) is 15.2 Å². The maximum atomic E-state index is 12.0. The third-order valence-electron chi connectivity index (χ3n) is 2.56. The molecule has 0 atom stereocenters. The molecule has 3 aromatic rings. The molecule has 1 aromatic carbocycles. The molecule has 0 fully saturated rings. The summed E-state index contributed by atoms with van der Waals surface area (Å²) in [6.45, 7) is 0. The van der Waals surface area contributed by atoms with Crippen molar-refractivity contribution in [2.24, 2.45) is 0 Å². The molecule has 2 aromatic heterocycles. The Morgan fingerprint density at radius 3 is 2.67 bits per heavy atom. The van der Waals surface area contributed by atoms with E-state index in [0.29, 0.717) is 10.7 Å². The van der Waals surface area contributed by atoms with Crippen LogP contribution in [0.5, 0.6) is 0 Å². The van der Waals surface area contributed by atoms with Crippen molar-refractivity contribution < 1.29 is 4.79 Å².